The monoisotopic (exact) mass is 135 g/mol. The van der Waals surface area contributed by atoms with Crippen molar-refractivity contribution in [2.75, 3.05) is 0 Å². The van der Waals surface area contributed by atoms with Crippen LogP contribution in [-0.4, -0.2) is 4.57 Å². The smallest absolute Gasteiger partial charge is 0.0311 e. The van der Waals surface area contributed by atoms with Gasteiger partial charge in [0.25, 0.3) is 0 Å². The first kappa shape index (κ1) is 6.02. The highest BCUT2D eigenvalue weighted by Gasteiger charge is 2.22. The molecular weight excluding hydrogens is 122 g/mol. The first-order valence-electron chi connectivity index (χ1n) is 3.96. The molecule has 0 amide bonds. The number of nitrogens with zero attached hydrogens (tertiary/aromatic N) is 1. The molecular formula is C9H13N. The first-order valence-corrected chi connectivity index (χ1v) is 3.96. The van der Waals surface area contributed by atoms with Crippen LogP contribution in [0.25, 0.3) is 0 Å². The van der Waals surface area contributed by atoms with Crippen LogP contribution in [0.5, 0.6) is 0 Å². The summed E-state index contributed by atoms with van der Waals surface area (Å²) in [7, 11) is 0. The maximum Gasteiger partial charge on any atom is 0.0311 e. The van der Waals surface area contributed by atoms with Crippen molar-refractivity contribution in [1.29, 1.82) is 0 Å². The molecule has 0 aliphatic carbocycles. The number of rotatable bonds is 0. The molecule has 2 heterocycles. The average Bonchev–Trinajstić information content (AvgIpc) is 2.39. The summed E-state index contributed by atoms with van der Waals surface area (Å²) in [6.45, 7) is 4.59. The van der Waals surface area contributed by atoms with Crippen LogP contribution in [0.2, 0.25) is 0 Å². The predicted octanol–water partition coefficient (Wildman–Crippen LogP) is 2.56. The average molecular weight is 135 g/mol. The van der Waals surface area contributed by atoms with E-state index < -0.39 is 0 Å². The Hall–Kier alpha value is -0.720. The molecule has 0 aromatic carbocycles. The molecule has 0 saturated heterocycles. The summed E-state index contributed by atoms with van der Waals surface area (Å²) >= 11 is 0. The topological polar surface area (TPSA) is 4.93 Å². The molecule has 1 nitrogen and oxygen atoms in total. The van der Waals surface area contributed by atoms with Crippen LogP contribution < -0.4 is 0 Å². The number of aromatic nitrogens is 1. The van der Waals surface area contributed by atoms with E-state index in [-0.39, 0.29) is 0 Å². The lowest BCUT2D eigenvalue weighted by atomic mass is 10.1. The maximum atomic E-state index is 2.38. The molecule has 1 aromatic heterocycles. The molecule has 0 bridgehead atoms. The lowest BCUT2D eigenvalue weighted by molar-refractivity contribution is 0.560. The van der Waals surface area contributed by atoms with Crippen LogP contribution in [0.4, 0.5) is 0 Å². The minimum atomic E-state index is 0.722. The fourth-order valence-corrected chi connectivity index (χ4v) is 1.97. The molecule has 10 heavy (non-hydrogen) atoms. The third-order valence-corrected chi connectivity index (χ3v) is 2.49. The number of fused-ring (bicyclic) bond motifs is 1. The summed E-state index contributed by atoms with van der Waals surface area (Å²) in [4.78, 5) is 0. The fourth-order valence-electron chi connectivity index (χ4n) is 1.97. The Labute approximate surface area is 61.7 Å². The molecule has 1 aromatic rings. The zero-order chi connectivity index (χ0) is 7.14. The van der Waals surface area contributed by atoms with E-state index in [4.69, 9.17) is 0 Å². The largest absolute Gasteiger partial charge is 0.348 e. The standard InChI is InChI=1S/C9H13N/c1-7-6-8(2)10-5-3-4-9(7)10/h3-5,7-8H,6H2,1-2H3/t7-,8+/m0/s1. The van der Waals surface area contributed by atoms with Crippen molar-refractivity contribution in [1.82, 2.24) is 4.57 Å². The first-order chi connectivity index (χ1) is 4.79. The minimum Gasteiger partial charge on any atom is -0.348 e. The van der Waals surface area contributed by atoms with Gasteiger partial charge in [-0.25, -0.2) is 0 Å². The van der Waals surface area contributed by atoms with Crippen molar-refractivity contribution in [2.45, 2.75) is 32.2 Å². The van der Waals surface area contributed by atoms with Gasteiger partial charge in [0.2, 0.25) is 0 Å². The van der Waals surface area contributed by atoms with Gasteiger partial charge < -0.3 is 4.57 Å². The Morgan fingerprint density at radius 1 is 1.50 bits per heavy atom. The molecule has 54 valence electrons. The molecule has 0 radical (unpaired) electrons. The maximum absolute atomic E-state index is 2.38. The molecule has 0 saturated carbocycles. The summed E-state index contributed by atoms with van der Waals surface area (Å²) in [5, 5.41) is 0. The van der Waals surface area contributed by atoms with Gasteiger partial charge in [0.05, 0.1) is 0 Å². The van der Waals surface area contributed by atoms with Gasteiger partial charge in [0.1, 0.15) is 0 Å². The second-order valence-electron chi connectivity index (χ2n) is 3.33. The summed E-state index contributed by atoms with van der Waals surface area (Å²) in [6.07, 6.45) is 3.50. The predicted molar refractivity (Wildman–Crippen MR) is 42.2 cm³/mol. The van der Waals surface area contributed by atoms with E-state index in [1.54, 1.807) is 0 Å². The van der Waals surface area contributed by atoms with Crippen molar-refractivity contribution in [3.05, 3.63) is 24.0 Å². The lowest BCUT2D eigenvalue weighted by Gasteiger charge is -2.03. The van der Waals surface area contributed by atoms with Gasteiger partial charge in [-0.2, -0.15) is 0 Å². The summed E-state index contributed by atoms with van der Waals surface area (Å²) in [5.41, 5.74) is 1.51. The Morgan fingerprint density at radius 3 is 3.00 bits per heavy atom. The van der Waals surface area contributed by atoms with Gasteiger partial charge in [-0.05, 0) is 31.4 Å². The van der Waals surface area contributed by atoms with Crippen molar-refractivity contribution in [3.63, 3.8) is 0 Å². The molecule has 0 unspecified atom stereocenters. The summed E-state index contributed by atoms with van der Waals surface area (Å²) < 4.78 is 2.38. The normalized spacial score (nSPS) is 30.6. The highest BCUT2D eigenvalue weighted by Crippen LogP contribution is 2.35. The Morgan fingerprint density at radius 2 is 2.30 bits per heavy atom. The van der Waals surface area contributed by atoms with Crippen molar-refractivity contribution >= 4 is 0 Å². The molecule has 0 spiro atoms. The summed E-state index contributed by atoms with van der Waals surface area (Å²) in [6, 6.07) is 5.09. The molecule has 2 atom stereocenters. The highest BCUT2D eigenvalue weighted by atomic mass is 15.0. The molecule has 2 rings (SSSR count). The lowest BCUT2D eigenvalue weighted by Crippen LogP contribution is -1.94. The second kappa shape index (κ2) is 1.88. The van der Waals surface area contributed by atoms with E-state index in [1.807, 2.05) is 0 Å². The summed E-state index contributed by atoms with van der Waals surface area (Å²) in [5.74, 6) is 0.769. The van der Waals surface area contributed by atoms with E-state index >= 15 is 0 Å². The Balaban J connectivity index is 2.48. The Kier molecular flexibility index (Phi) is 1.13. The van der Waals surface area contributed by atoms with Crippen LogP contribution >= 0.6 is 0 Å². The van der Waals surface area contributed by atoms with Gasteiger partial charge >= 0.3 is 0 Å². The van der Waals surface area contributed by atoms with Gasteiger partial charge in [-0.15, -0.1) is 0 Å². The SMILES string of the molecule is C[C@@H]1C[C@H](C)c2cccn21. The molecule has 1 aliphatic rings. The van der Waals surface area contributed by atoms with Crippen LogP contribution in [0.15, 0.2) is 18.3 Å². The van der Waals surface area contributed by atoms with Crippen molar-refractivity contribution in [2.24, 2.45) is 0 Å². The second-order valence-corrected chi connectivity index (χ2v) is 3.33. The Bertz CT molecular complexity index is 214. The molecule has 1 aliphatic heterocycles. The molecule has 1 heteroatoms. The minimum absolute atomic E-state index is 0.722. The van der Waals surface area contributed by atoms with E-state index in [2.05, 4.69) is 36.7 Å². The van der Waals surface area contributed by atoms with Gasteiger partial charge in [-0.3, -0.25) is 0 Å². The quantitative estimate of drug-likeness (QED) is 0.515. The van der Waals surface area contributed by atoms with Gasteiger partial charge in [0, 0.05) is 17.9 Å². The zero-order valence-corrected chi connectivity index (χ0v) is 6.54. The van der Waals surface area contributed by atoms with E-state index in [1.165, 1.54) is 12.1 Å². The van der Waals surface area contributed by atoms with Crippen molar-refractivity contribution < 1.29 is 0 Å². The fraction of sp³-hybridized carbons (Fsp3) is 0.556. The van der Waals surface area contributed by atoms with Crippen LogP contribution in [0, 0.1) is 0 Å². The van der Waals surface area contributed by atoms with Crippen molar-refractivity contribution in [3.8, 4) is 0 Å². The van der Waals surface area contributed by atoms with Crippen LogP contribution in [0.3, 0.4) is 0 Å². The van der Waals surface area contributed by atoms with E-state index in [9.17, 15) is 0 Å². The number of hydrogen-bond donors (Lipinski definition) is 0. The number of hydrogen-bond acceptors (Lipinski definition) is 0. The van der Waals surface area contributed by atoms with Crippen LogP contribution in [0.1, 0.15) is 37.9 Å². The van der Waals surface area contributed by atoms with E-state index in [0.717, 1.165) is 12.0 Å². The van der Waals surface area contributed by atoms with E-state index in [0.29, 0.717) is 0 Å². The third-order valence-electron chi connectivity index (χ3n) is 2.49. The van der Waals surface area contributed by atoms with Crippen LogP contribution in [-0.2, 0) is 0 Å². The van der Waals surface area contributed by atoms with Gasteiger partial charge in [0.15, 0.2) is 0 Å². The van der Waals surface area contributed by atoms with Gasteiger partial charge in [-0.1, -0.05) is 6.92 Å². The third kappa shape index (κ3) is 0.634. The molecule has 0 fully saturated rings. The molecule has 0 N–H and O–H groups in total. The highest BCUT2D eigenvalue weighted by molar-refractivity contribution is 5.17. The zero-order valence-electron chi connectivity index (χ0n) is 6.54.